The fourth-order valence-electron chi connectivity index (χ4n) is 2.94. The first kappa shape index (κ1) is 16.4. The van der Waals surface area contributed by atoms with E-state index in [1.807, 2.05) is 12.1 Å². The largest absolute Gasteiger partial charge is 0.493 e. The van der Waals surface area contributed by atoms with Crippen molar-refractivity contribution in [2.24, 2.45) is 5.92 Å². The van der Waals surface area contributed by atoms with Crippen molar-refractivity contribution in [3.05, 3.63) is 22.7 Å². The summed E-state index contributed by atoms with van der Waals surface area (Å²) >= 11 is 6.47. The maximum absolute atomic E-state index is 6.47. The van der Waals surface area contributed by atoms with E-state index in [0.29, 0.717) is 28.5 Å². The van der Waals surface area contributed by atoms with Crippen LogP contribution in [-0.2, 0) is 4.74 Å². The highest BCUT2D eigenvalue weighted by Gasteiger charge is 2.32. The molecule has 0 saturated carbocycles. The second-order valence-corrected chi connectivity index (χ2v) is 5.81. The summed E-state index contributed by atoms with van der Waals surface area (Å²) < 4.78 is 16.4. The molecule has 1 aliphatic rings. The van der Waals surface area contributed by atoms with Crippen LogP contribution in [0.15, 0.2) is 12.1 Å². The van der Waals surface area contributed by atoms with Crippen LogP contribution >= 0.6 is 11.6 Å². The molecule has 1 N–H and O–H groups in total. The van der Waals surface area contributed by atoms with Gasteiger partial charge in [-0.15, -0.1) is 0 Å². The van der Waals surface area contributed by atoms with Crippen molar-refractivity contribution in [2.45, 2.75) is 32.4 Å². The van der Waals surface area contributed by atoms with Gasteiger partial charge in [-0.25, -0.2) is 0 Å². The molecule has 5 heteroatoms. The number of ether oxygens (including phenoxy) is 3. The predicted octanol–water partition coefficient (Wildman–Crippen LogP) is 3.43. The van der Waals surface area contributed by atoms with Crippen molar-refractivity contribution in [3.8, 4) is 11.5 Å². The lowest BCUT2D eigenvalue weighted by Gasteiger charge is -2.25. The molecule has 1 aromatic carbocycles. The molecule has 1 aliphatic heterocycles. The van der Waals surface area contributed by atoms with E-state index in [4.69, 9.17) is 25.8 Å². The number of benzene rings is 1. The Bertz CT molecular complexity index is 481. The number of hydrogen-bond donors (Lipinski definition) is 1. The van der Waals surface area contributed by atoms with Crippen LogP contribution in [-0.4, -0.2) is 33.5 Å². The van der Waals surface area contributed by atoms with Crippen LogP contribution < -0.4 is 14.8 Å². The monoisotopic (exact) mass is 313 g/mol. The van der Waals surface area contributed by atoms with Crippen LogP contribution in [0, 0.1) is 5.92 Å². The minimum atomic E-state index is 0.159. The number of nitrogens with one attached hydrogen (secondary N) is 1. The minimum Gasteiger partial charge on any atom is -0.493 e. The SMILES string of the molecule is CCNC(c1cc(OC)c(OC)cc1Cl)C1COC(C)C1. The molecule has 0 radical (unpaired) electrons. The zero-order valence-corrected chi connectivity index (χ0v) is 13.9. The van der Waals surface area contributed by atoms with Gasteiger partial charge in [0.25, 0.3) is 0 Å². The summed E-state index contributed by atoms with van der Waals surface area (Å²) in [6, 6.07) is 3.95. The Labute approximate surface area is 131 Å². The van der Waals surface area contributed by atoms with Gasteiger partial charge in [0, 0.05) is 23.0 Å². The van der Waals surface area contributed by atoms with Crippen molar-refractivity contribution < 1.29 is 14.2 Å². The first-order chi connectivity index (χ1) is 10.1. The third kappa shape index (κ3) is 3.62. The molecule has 1 fully saturated rings. The van der Waals surface area contributed by atoms with E-state index in [2.05, 4.69) is 19.2 Å². The van der Waals surface area contributed by atoms with Crippen molar-refractivity contribution in [1.82, 2.24) is 5.32 Å². The topological polar surface area (TPSA) is 39.7 Å². The average molecular weight is 314 g/mol. The van der Waals surface area contributed by atoms with Crippen molar-refractivity contribution in [3.63, 3.8) is 0 Å². The van der Waals surface area contributed by atoms with Crippen LogP contribution in [0.2, 0.25) is 5.02 Å². The van der Waals surface area contributed by atoms with Crippen LogP contribution in [0.1, 0.15) is 31.9 Å². The van der Waals surface area contributed by atoms with E-state index in [9.17, 15) is 0 Å². The Morgan fingerprint density at radius 2 is 2.00 bits per heavy atom. The van der Waals surface area contributed by atoms with Gasteiger partial charge in [0.1, 0.15) is 0 Å². The molecule has 0 amide bonds. The fraction of sp³-hybridized carbons (Fsp3) is 0.625. The van der Waals surface area contributed by atoms with Gasteiger partial charge in [0.15, 0.2) is 11.5 Å². The van der Waals surface area contributed by atoms with E-state index >= 15 is 0 Å². The zero-order chi connectivity index (χ0) is 15.4. The standard InChI is InChI=1S/C16H24ClNO3/c1-5-18-16(11-6-10(2)21-9-11)12-7-14(19-3)15(20-4)8-13(12)17/h7-8,10-11,16,18H,5-6,9H2,1-4H3. The number of rotatable bonds is 6. The molecular formula is C16H24ClNO3. The summed E-state index contributed by atoms with van der Waals surface area (Å²) in [6.07, 6.45) is 1.33. The maximum atomic E-state index is 6.47. The van der Waals surface area contributed by atoms with Gasteiger partial charge in [0.2, 0.25) is 0 Å². The lowest BCUT2D eigenvalue weighted by molar-refractivity contribution is 0.117. The van der Waals surface area contributed by atoms with E-state index < -0.39 is 0 Å². The number of hydrogen-bond acceptors (Lipinski definition) is 4. The van der Waals surface area contributed by atoms with Gasteiger partial charge >= 0.3 is 0 Å². The molecule has 4 nitrogen and oxygen atoms in total. The summed E-state index contributed by atoms with van der Waals surface area (Å²) in [4.78, 5) is 0. The summed E-state index contributed by atoms with van der Waals surface area (Å²) in [5, 5.41) is 4.22. The van der Waals surface area contributed by atoms with Gasteiger partial charge in [-0.05, 0) is 31.5 Å². The molecular weight excluding hydrogens is 290 g/mol. The van der Waals surface area contributed by atoms with Crippen molar-refractivity contribution in [2.75, 3.05) is 27.4 Å². The Morgan fingerprint density at radius 3 is 2.52 bits per heavy atom. The zero-order valence-electron chi connectivity index (χ0n) is 13.1. The van der Waals surface area contributed by atoms with Gasteiger partial charge in [-0.3, -0.25) is 0 Å². The van der Waals surface area contributed by atoms with Crippen LogP contribution in [0.3, 0.4) is 0 Å². The Kier molecular flexibility index (Phi) is 5.73. The summed E-state index contributed by atoms with van der Waals surface area (Å²) in [7, 11) is 3.25. The highest BCUT2D eigenvalue weighted by molar-refractivity contribution is 6.31. The molecule has 0 aromatic heterocycles. The Balaban J connectivity index is 2.35. The number of halogens is 1. The smallest absolute Gasteiger partial charge is 0.162 e. The van der Waals surface area contributed by atoms with E-state index in [1.165, 1.54) is 0 Å². The third-order valence-corrected chi connectivity index (χ3v) is 4.29. The summed E-state index contributed by atoms with van der Waals surface area (Å²) in [5.74, 6) is 1.76. The summed E-state index contributed by atoms with van der Waals surface area (Å²) in [6.45, 7) is 5.84. The highest BCUT2D eigenvalue weighted by atomic mass is 35.5. The van der Waals surface area contributed by atoms with Crippen molar-refractivity contribution in [1.29, 1.82) is 0 Å². The Morgan fingerprint density at radius 1 is 1.33 bits per heavy atom. The minimum absolute atomic E-state index is 0.159. The van der Waals surface area contributed by atoms with Crippen LogP contribution in [0.5, 0.6) is 11.5 Å². The molecule has 1 aromatic rings. The lowest BCUT2D eigenvalue weighted by atomic mass is 9.90. The second kappa shape index (κ2) is 7.34. The average Bonchev–Trinajstić information content (AvgIpc) is 2.91. The quantitative estimate of drug-likeness (QED) is 0.873. The van der Waals surface area contributed by atoms with Crippen LogP contribution in [0.4, 0.5) is 0 Å². The normalized spacial score (nSPS) is 23.1. The Hall–Kier alpha value is -0.970. The van der Waals surface area contributed by atoms with Gasteiger partial charge in [0.05, 0.1) is 26.9 Å². The molecule has 0 spiro atoms. The maximum Gasteiger partial charge on any atom is 0.162 e. The molecule has 3 atom stereocenters. The molecule has 0 aliphatic carbocycles. The predicted molar refractivity (Wildman–Crippen MR) is 84.5 cm³/mol. The second-order valence-electron chi connectivity index (χ2n) is 5.40. The van der Waals surface area contributed by atoms with E-state index in [0.717, 1.165) is 25.1 Å². The third-order valence-electron chi connectivity index (χ3n) is 3.96. The van der Waals surface area contributed by atoms with E-state index in [-0.39, 0.29) is 6.04 Å². The molecule has 2 rings (SSSR count). The molecule has 21 heavy (non-hydrogen) atoms. The molecule has 3 unspecified atom stereocenters. The first-order valence-electron chi connectivity index (χ1n) is 7.37. The van der Waals surface area contributed by atoms with Crippen LogP contribution in [0.25, 0.3) is 0 Å². The van der Waals surface area contributed by atoms with Gasteiger partial charge in [-0.2, -0.15) is 0 Å². The molecule has 118 valence electrons. The molecule has 1 saturated heterocycles. The summed E-state index contributed by atoms with van der Waals surface area (Å²) in [5.41, 5.74) is 1.04. The molecule has 1 heterocycles. The highest BCUT2D eigenvalue weighted by Crippen LogP contribution is 2.40. The van der Waals surface area contributed by atoms with Gasteiger partial charge in [-0.1, -0.05) is 18.5 Å². The van der Waals surface area contributed by atoms with Gasteiger partial charge < -0.3 is 19.5 Å². The van der Waals surface area contributed by atoms with E-state index in [1.54, 1.807) is 14.2 Å². The van der Waals surface area contributed by atoms with Crippen molar-refractivity contribution >= 4 is 11.6 Å². The fourth-order valence-corrected chi connectivity index (χ4v) is 3.21. The number of methoxy groups -OCH3 is 2. The molecule has 0 bridgehead atoms. The lowest BCUT2D eigenvalue weighted by Crippen LogP contribution is -2.29. The first-order valence-corrected chi connectivity index (χ1v) is 7.74.